The Bertz CT molecular complexity index is 3190. The third-order valence-electron chi connectivity index (χ3n) is 11.0. The topological polar surface area (TPSA) is 30.7 Å². The summed E-state index contributed by atoms with van der Waals surface area (Å²) in [5.74, 6) is 0.654. The third-order valence-corrected chi connectivity index (χ3v) is 11.0. The summed E-state index contributed by atoms with van der Waals surface area (Å²) in [4.78, 5) is 10.4. The first-order valence-electron chi connectivity index (χ1n) is 18.7. The van der Waals surface area contributed by atoms with Gasteiger partial charge in [0.1, 0.15) is 0 Å². The van der Waals surface area contributed by atoms with Crippen LogP contribution in [0, 0.1) is 0 Å². The van der Waals surface area contributed by atoms with Crippen molar-refractivity contribution in [2.45, 2.75) is 0 Å². The van der Waals surface area contributed by atoms with Crippen LogP contribution in [0.25, 0.3) is 105 Å². The second kappa shape index (κ2) is 12.6. The Labute approximate surface area is 318 Å². The summed E-state index contributed by atoms with van der Waals surface area (Å²) in [7, 11) is 0. The van der Waals surface area contributed by atoms with E-state index in [1.54, 1.807) is 0 Å². The van der Waals surface area contributed by atoms with E-state index in [1.807, 2.05) is 12.1 Å². The Morgan fingerprint density at radius 1 is 0.291 bits per heavy atom. The van der Waals surface area contributed by atoms with Crippen molar-refractivity contribution in [2.24, 2.45) is 0 Å². The summed E-state index contributed by atoms with van der Waals surface area (Å²) in [5, 5.41) is 9.76. The molecule has 3 nitrogen and oxygen atoms in total. The second-order valence-corrected chi connectivity index (χ2v) is 14.3. The molecular formula is C52H33N3. The van der Waals surface area contributed by atoms with Crippen molar-refractivity contribution in [3.63, 3.8) is 0 Å². The number of aromatic nitrogens is 3. The smallest absolute Gasteiger partial charge is 0.235 e. The fourth-order valence-corrected chi connectivity index (χ4v) is 8.22. The number of para-hydroxylation sites is 1. The summed E-state index contributed by atoms with van der Waals surface area (Å²) in [6, 6.07) is 71.7. The predicted molar refractivity (Wildman–Crippen MR) is 231 cm³/mol. The Hall–Kier alpha value is -7.36. The number of hydrogen-bond donors (Lipinski definition) is 0. The van der Waals surface area contributed by atoms with Crippen LogP contribution in [0.3, 0.4) is 0 Å². The molecule has 0 aliphatic carbocycles. The summed E-state index contributed by atoms with van der Waals surface area (Å²) in [5.41, 5.74) is 10.9. The van der Waals surface area contributed by atoms with Crippen LogP contribution >= 0.6 is 0 Å². The number of benzene rings is 9. The molecule has 0 N–H and O–H groups in total. The lowest BCUT2D eigenvalue weighted by molar-refractivity contribution is 0.996. The molecule has 0 radical (unpaired) electrons. The normalized spacial score (nSPS) is 11.6. The van der Waals surface area contributed by atoms with Gasteiger partial charge in [-0.3, -0.25) is 4.57 Å². The van der Waals surface area contributed by atoms with Gasteiger partial charge in [-0.05, 0) is 97.0 Å². The van der Waals surface area contributed by atoms with Crippen molar-refractivity contribution in [3.8, 4) is 50.7 Å². The molecule has 0 saturated carbocycles. The molecule has 256 valence electrons. The van der Waals surface area contributed by atoms with E-state index in [-0.39, 0.29) is 0 Å². The number of fused-ring (bicyclic) bond motifs is 7. The minimum atomic E-state index is 0.654. The molecule has 11 rings (SSSR count). The van der Waals surface area contributed by atoms with Crippen molar-refractivity contribution in [1.82, 2.24) is 14.5 Å². The van der Waals surface area contributed by atoms with Gasteiger partial charge in [0.25, 0.3) is 0 Å². The molecule has 55 heavy (non-hydrogen) atoms. The maximum absolute atomic E-state index is 5.22. The Balaban J connectivity index is 1.05. The summed E-state index contributed by atoms with van der Waals surface area (Å²) < 4.78 is 2.23. The largest absolute Gasteiger partial charge is 0.278 e. The highest BCUT2D eigenvalue weighted by Crippen LogP contribution is 2.39. The molecule has 0 bridgehead atoms. The molecule has 0 aliphatic rings. The molecule has 11 aromatic rings. The first-order valence-corrected chi connectivity index (χ1v) is 18.7. The van der Waals surface area contributed by atoms with Gasteiger partial charge in [-0.2, -0.15) is 0 Å². The minimum absolute atomic E-state index is 0.654. The van der Waals surface area contributed by atoms with E-state index in [1.165, 1.54) is 65.3 Å². The monoisotopic (exact) mass is 699 g/mol. The standard InChI is InChI=1S/C52H33N3/c1-3-12-36(13-4-1)47-33-48(37-14-5-2-6-15-37)54-52(53-47)55-49-18-10-9-17-46(49)51-45-27-25-42(30-43(45)26-28-50(51)55)41-24-21-35-20-23-40(31-44(35)32-41)39-22-19-34-11-7-8-16-38(34)29-39/h1-33H. The van der Waals surface area contributed by atoms with Gasteiger partial charge >= 0.3 is 0 Å². The summed E-state index contributed by atoms with van der Waals surface area (Å²) in [6.07, 6.45) is 0. The molecule has 0 fully saturated rings. The van der Waals surface area contributed by atoms with Crippen LogP contribution in [0.4, 0.5) is 0 Å². The van der Waals surface area contributed by atoms with Gasteiger partial charge in [-0.25, -0.2) is 9.97 Å². The fourth-order valence-electron chi connectivity index (χ4n) is 8.22. The zero-order valence-electron chi connectivity index (χ0n) is 29.9. The van der Waals surface area contributed by atoms with Crippen LogP contribution < -0.4 is 0 Å². The molecule has 2 heterocycles. The number of hydrogen-bond acceptors (Lipinski definition) is 2. The highest BCUT2D eigenvalue weighted by Gasteiger charge is 2.19. The molecule has 0 aliphatic heterocycles. The Morgan fingerprint density at radius 2 is 0.782 bits per heavy atom. The van der Waals surface area contributed by atoms with E-state index >= 15 is 0 Å². The lowest BCUT2D eigenvalue weighted by Gasteiger charge is -2.12. The van der Waals surface area contributed by atoms with Crippen LogP contribution in [0.2, 0.25) is 0 Å². The first-order chi connectivity index (χ1) is 27.2. The fraction of sp³-hybridized carbons (Fsp3) is 0. The molecule has 9 aromatic carbocycles. The highest BCUT2D eigenvalue weighted by molar-refractivity contribution is 6.21. The molecule has 0 amide bonds. The van der Waals surface area contributed by atoms with Gasteiger partial charge in [0.2, 0.25) is 5.95 Å². The van der Waals surface area contributed by atoms with Gasteiger partial charge in [0.15, 0.2) is 0 Å². The SMILES string of the molecule is c1ccc(-c2cc(-c3ccccc3)nc(-n3c4ccccc4c4c5ccc(-c6ccc7ccc(-c8ccc9ccccc9c8)cc7c6)cc5ccc43)n2)cc1. The molecule has 0 atom stereocenters. The molecular weight excluding hydrogens is 667 g/mol. The predicted octanol–water partition coefficient (Wildman–Crippen LogP) is 13.7. The maximum Gasteiger partial charge on any atom is 0.235 e. The highest BCUT2D eigenvalue weighted by atomic mass is 15.2. The maximum atomic E-state index is 5.22. The zero-order chi connectivity index (χ0) is 36.3. The second-order valence-electron chi connectivity index (χ2n) is 14.3. The first kappa shape index (κ1) is 31.2. The van der Waals surface area contributed by atoms with E-state index in [2.05, 4.69) is 193 Å². The van der Waals surface area contributed by atoms with E-state index in [0.29, 0.717) is 5.95 Å². The van der Waals surface area contributed by atoms with E-state index < -0.39 is 0 Å². The third kappa shape index (κ3) is 5.36. The van der Waals surface area contributed by atoms with Gasteiger partial charge in [0, 0.05) is 21.9 Å². The molecule has 0 saturated heterocycles. The van der Waals surface area contributed by atoms with Crippen molar-refractivity contribution in [1.29, 1.82) is 0 Å². The Kier molecular flexibility index (Phi) is 7.17. The Morgan fingerprint density at radius 3 is 1.44 bits per heavy atom. The lowest BCUT2D eigenvalue weighted by atomic mass is 9.95. The lowest BCUT2D eigenvalue weighted by Crippen LogP contribution is -2.03. The quantitative estimate of drug-likeness (QED) is 0.179. The summed E-state index contributed by atoms with van der Waals surface area (Å²) >= 11 is 0. The van der Waals surface area contributed by atoms with Gasteiger partial charge in [-0.1, -0.05) is 158 Å². The number of nitrogens with zero attached hydrogens (tertiary/aromatic N) is 3. The zero-order valence-corrected chi connectivity index (χ0v) is 29.9. The van der Waals surface area contributed by atoms with Gasteiger partial charge in [-0.15, -0.1) is 0 Å². The van der Waals surface area contributed by atoms with E-state index in [9.17, 15) is 0 Å². The van der Waals surface area contributed by atoms with E-state index in [0.717, 1.165) is 33.5 Å². The van der Waals surface area contributed by atoms with Gasteiger partial charge < -0.3 is 0 Å². The number of rotatable bonds is 5. The van der Waals surface area contributed by atoms with E-state index in [4.69, 9.17) is 9.97 Å². The van der Waals surface area contributed by atoms with Crippen LogP contribution in [-0.2, 0) is 0 Å². The van der Waals surface area contributed by atoms with Crippen LogP contribution in [0.5, 0.6) is 0 Å². The van der Waals surface area contributed by atoms with Crippen molar-refractivity contribution < 1.29 is 0 Å². The summed E-state index contributed by atoms with van der Waals surface area (Å²) in [6.45, 7) is 0. The van der Waals surface area contributed by atoms with Crippen LogP contribution in [0.1, 0.15) is 0 Å². The van der Waals surface area contributed by atoms with Crippen molar-refractivity contribution >= 4 is 54.1 Å². The van der Waals surface area contributed by atoms with Gasteiger partial charge in [0.05, 0.1) is 22.4 Å². The molecule has 0 unspecified atom stereocenters. The molecule has 0 spiro atoms. The average molecular weight is 700 g/mol. The van der Waals surface area contributed by atoms with Crippen molar-refractivity contribution in [2.75, 3.05) is 0 Å². The van der Waals surface area contributed by atoms with Crippen molar-refractivity contribution in [3.05, 3.63) is 200 Å². The molecule has 2 aromatic heterocycles. The van der Waals surface area contributed by atoms with Crippen LogP contribution in [0.15, 0.2) is 200 Å². The average Bonchev–Trinajstić information content (AvgIpc) is 3.61. The minimum Gasteiger partial charge on any atom is -0.278 e. The molecule has 3 heteroatoms. The van der Waals surface area contributed by atoms with Crippen LogP contribution in [-0.4, -0.2) is 14.5 Å².